The van der Waals surface area contributed by atoms with Gasteiger partial charge >= 0.3 is 5.97 Å². The van der Waals surface area contributed by atoms with Gasteiger partial charge in [-0.25, -0.2) is 4.79 Å². The third kappa shape index (κ3) is 4.18. The van der Waals surface area contributed by atoms with E-state index in [1.807, 2.05) is 19.1 Å². The number of ether oxygens (including phenoxy) is 1. The standard InChI is InChI=1S/C20H25NO4S/c1-4-24-20(23)18-15-9-5-12(2)11-16(15)26-19(18)21-17(22)10-8-14-7-6-13(3)25-14/h6-7,12H,4-5,8-11H2,1-3H3,(H,21,22). The molecule has 2 aromatic heterocycles. The van der Waals surface area contributed by atoms with Crippen molar-refractivity contribution in [3.63, 3.8) is 0 Å². The predicted molar refractivity (Wildman–Crippen MR) is 102 cm³/mol. The molecule has 0 spiro atoms. The van der Waals surface area contributed by atoms with Gasteiger partial charge in [-0.2, -0.15) is 0 Å². The van der Waals surface area contributed by atoms with E-state index in [1.54, 1.807) is 6.92 Å². The fraction of sp³-hybridized carbons (Fsp3) is 0.500. The van der Waals surface area contributed by atoms with Gasteiger partial charge in [-0.15, -0.1) is 11.3 Å². The van der Waals surface area contributed by atoms with Crippen molar-refractivity contribution in [2.24, 2.45) is 5.92 Å². The van der Waals surface area contributed by atoms with Gasteiger partial charge in [-0.3, -0.25) is 4.79 Å². The maximum atomic E-state index is 12.5. The summed E-state index contributed by atoms with van der Waals surface area (Å²) >= 11 is 1.52. The molecule has 2 aromatic rings. The van der Waals surface area contributed by atoms with Crippen LogP contribution in [0.1, 0.15) is 59.0 Å². The molecule has 1 amide bonds. The molecule has 3 rings (SSSR count). The van der Waals surface area contributed by atoms with Gasteiger partial charge in [0.25, 0.3) is 0 Å². The summed E-state index contributed by atoms with van der Waals surface area (Å²) in [5.74, 6) is 1.78. The highest BCUT2D eigenvalue weighted by Gasteiger charge is 2.29. The molecule has 26 heavy (non-hydrogen) atoms. The summed E-state index contributed by atoms with van der Waals surface area (Å²) < 4.78 is 10.7. The average Bonchev–Trinajstić information content (AvgIpc) is 3.15. The monoisotopic (exact) mass is 375 g/mol. The lowest BCUT2D eigenvalue weighted by molar-refractivity contribution is -0.116. The summed E-state index contributed by atoms with van der Waals surface area (Å²) in [6.07, 6.45) is 3.72. The molecule has 0 aromatic carbocycles. The van der Waals surface area contributed by atoms with Crippen LogP contribution in [0.5, 0.6) is 0 Å². The highest BCUT2D eigenvalue weighted by Crippen LogP contribution is 2.40. The van der Waals surface area contributed by atoms with E-state index in [0.29, 0.717) is 35.9 Å². The van der Waals surface area contributed by atoms with Crippen LogP contribution in [-0.4, -0.2) is 18.5 Å². The minimum atomic E-state index is -0.337. The highest BCUT2D eigenvalue weighted by molar-refractivity contribution is 7.17. The van der Waals surface area contributed by atoms with Crippen LogP contribution in [0, 0.1) is 12.8 Å². The molecule has 5 nitrogen and oxygen atoms in total. The first-order valence-corrected chi connectivity index (χ1v) is 9.96. The van der Waals surface area contributed by atoms with Crippen LogP contribution in [0.2, 0.25) is 0 Å². The Morgan fingerprint density at radius 2 is 2.19 bits per heavy atom. The van der Waals surface area contributed by atoms with Crippen molar-refractivity contribution in [2.45, 2.75) is 52.9 Å². The molecule has 1 aliphatic carbocycles. The number of fused-ring (bicyclic) bond motifs is 1. The smallest absolute Gasteiger partial charge is 0.341 e. The zero-order valence-electron chi connectivity index (χ0n) is 15.5. The number of furan rings is 1. The summed E-state index contributed by atoms with van der Waals surface area (Å²) in [6.45, 7) is 6.22. The van der Waals surface area contributed by atoms with E-state index in [9.17, 15) is 9.59 Å². The lowest BCUT2D eigenvalue weighted by atomic mass is 9.88. The van der Waals surface area contributed by atoms with Gasteiger partial charge in [0.15, 0.2) is 0 Å². The SMILES string of the molecule is CCOC(=O)c1c(NC(=O)CCc2ccc(C)o2)sc2c1CCC(C)C2. The molecule has 1 unspecified atom stereocenters. The second-order valence-electron chi connectivity index (χ2n) is 6.84. The number of amides is 1. The lowest BCUT2D eigenvalue weighted by Crippen LogP contribution is -2.16. The number of carbonyl (C=O) groups is 2. The maximum absolute atomic E-state index is 12.5. The molecule has 0 bridgehead atoms. The first-order chi connectivity index (χ1) is 12.5. The van der Waals surface area contributed by atoms with E-state index in [0.717, 1.165) is 36.3 Å². The van der Waals surface area contributed by atoms with Crippen molar-refractivity contribution < 1.29 is 18.7 Å². The number of hydrogen-bond acceptors (Lipinski definition) is 5. The third-order valence-electron chi connectivity index (χ3n) is 4.64. The van der Waals surface area contributed by atoms with Gasteiger partial charge in [0.05, 0.1) is 12.2 Å². The van der Waals surface area contributed by atoms with Gasteiger partial charge in [0.1, 0.15) is 16.5 Å². The van der Waals surface area contributed by atoms with Crippen LogP contribution in [0.4, 0.5) is 5.00 Å². The molecule has 0 aliphatic heterocycles. The highest BCUT2D eigenvalue weighted by atomic mass is 32.1. The molecule has 2 heterocycles. The Kier molecular flexibility index (Phi) is 5.81. The maximum Gasteiger partial charge on any atom is 0.341 e. The molecule has 0 fully saturated rings. The molecule has 1 N–H and O–H groups in total. The summed E-state index contributed by atoms with van der Waals surface area (Å²) in [6, 6.07) is 3.78. The minimum absolute atomic E-state index is 0.115. The summed E-state index contributed by atoms with van der Waals surface area (Å²) in [7, 11) is 0. The first kappa shape index (κ1) is 18.7. The van der Waals surface area contributed by atoms with Crippen LogP contribution < -0.4 is 5.32 Å². The molecule has 0 saturated carbocycles. The van der Waals surface area contributed by atoms with E-state index >= 15 is 0 Å². The largest absolute Gasteiger partial charge is 0.466 e. The second kappa shape index (κ2) is 8.08. The number of anilines is 1. The number of esters is 1. The van der Waals surface area contributed by atoms with Crippen LogP contribution in [0.15, 0.2) is 16.5 Å². The van der Waals surface area contributed by atoms with Gasteiger partial charge in [-0.05, 0) is 56.7 Å². The number of hydrogen-bond donors (Lipinski definition) is 1. The van der Waals surface area contributed by atoms with Crippen molar-refractivity contribution in [3.8, 4) is 0 Å². The van der Waals surface area contributed by atoms with Crippen LogP contribution >= 0.6 is 11.3 Å². The van der Waals surface area contributed by atoms with Gasteiger partial charge in [0, 0.05) is 17.7 Å². The van der Waals surface area contributed by atoms with Crippen LogP contribution in [-0.2, 0) is 28.8 Å². The molecular formula is C20H25NO4S. The van der Waals surface area contributed by atoms with Crippen molar-refractivity contribution in [2.75, 3.05) is 11.9 Å². The predicted octanol–water partition coefficient (Wildman–Crippen LogP) is 4.52. The zero-order chi connectivity index (χ0) is 18.7. The Hall–Kier alpha value is -2.08. The number of carbonyl (C=O) groups excluding carboxylic acids is 2. The summed E-state index contributed by atoms with van der Waals surface area (Å²) in [4.78, 5) is 26.1. The van der Waals surface area contributed by atoms with Crippen molar-refractivity contribution in [3.05, 3.63) is 39.7 Å². The first-order valence-electron chi connectivity index (χ1n) is 9.14. The lowest BCUT2D eigenvalue weighted by Gasteiger charge is -2.18. The zero-order valence-corrected chi connectivity index (χ0v) is 16.3. The fourth-order valence-corrected chi connectivity index (χ4v) is 4.72. The number of aryl methyl sites for hydroxylation is 2. The van der Waals surface area contributed by atoms with E-state index in [-0.39, 0.29) is 11.9 Å². The van der Waals surface area contributed by atoms with Crippen molar-refractivity contribution in [1.82, 2.24) is 0 Å². The molecule has 0 radical (unpaired) electrons. The average molecular weight is 375 g/mol. The van der Waals surface area contributed by atoms with Crippen LogP contribution in [0.3, 0.4) is 0 Å². The normalized spacial score (nSPS) is 16.2. The minimum Gasteiger partial charge on any atom is -0.466 e. The van der Waals surface area contributed by atoms with E-state index in [4.69, 9.17) is 9.15 Å². The van der Waals surface area contributed by atoms with E-state index < -0.39 is 0 Å². The Labute approximate surface area is 157 Å². The van der Waals surface area contributed by atoms with Crippen molar-refractivity contribution in [1.29, 1.82) is 0 Å². The van der Waals surface area contributed by atoms with Crippen LogP contribution in [0.25, 0.3) is 0 Å². The van der Waals surface area contributed by atoms with Gasteiger partial charge < -0.3 is 14.5 Å². The second-order valence-corrected chi connectivity index (χ2v) is 7.94. The van der Waals surface area contributed by atoms with E-state index in [1.165, 1.54) is 16.2 Å². The van der Waals surface area contributed by atoms with Gasteiger partial charge in [0.2, 0.25) is 5.91 Å². The Balaban J connectivity index is 1.75. The molecule has 0 saturated heterocycles. The summed E-state index contributed by atoms with van der Waals surface area (Å²) in [5, 5.41) is 3.56. The topological polar surface area (TPSA) is 68.5 Å². The Morgan fingerprint density at radius 3 is 2.88 bits per heavy atom. The molecule has 1 atom stereocenters. The molecular weight excluding hydrogens is 350 g/mol. The summed E-state index contributed by atoms with van der Waals surface area (Å²) in [5.41, 5.74) is 1.62. The van der Waals surface area contributed by atoms with Gasteiger partial charge in [-0.1, -0.05) is 6.92 Å². The molecule has 1 aliphatic rings. The Bertz CT molecular complexity index is 805. The molecule has 6 heteroatoms. The number of nitrogens with one attached hydrogen (secondary N) is 1. The van der Waals surface area contributed by atoms with E-state index in [2.05, 4.69) is 12.2 Å². The molecule has 140 valence electrons. The number of thiophene rings is 1. The fourth-order valence-electron chi connectivity index (χ4n) is 3.30. The van der Waals surface area contributed by atoms with Crippen molar-refractivity contribution >= 4 is 28.2 Å². The number of rotatable bonds is 6. The quantitative estimate of drug-likeness (QED) is 0.754. The Morgan fingerprint density at radius 1 is 1.38 bits per heavy atom. The third-order valence-corrected chi connectivity index (χ3v) is 5.81.